The lowest BCUT2D eigenvalue weighted by molar-refractivity contribution is -0.140. The predicted molar refractivity (Wildman–Crippen MR) is 77.8 cm³/mol. The Morgan fingerprint density at radius 3 is 2.52 bits per heavy atom. The van der Waals surface area contributed by atoms with Gasteiger partial charge in [0.2, 0.25) is 0 Å². The molecule has 1 N–H and O–H groups in total. The number of hydrogen-bond acceptors (Lipinski definition) is 4. The van der Waals surface area contributed by atoms with Crippen molar-refractivity contribution in [2.45, 2.75) is 13.8 Å². The quantitative estimate of drug-likeness (QED) is 0.664. The Kier molecular flexibility index (Phi) is 4.77. The number of esters is 1. The van der Waals surface area contributed by atoms with Crippen molar-refractivity contribution in [3.63, 3.8) is 0 Å². The Labute approximate surface area is 123 Å². The van der Waals surface area contributed by atoms with Crippen LogP contribution in [-0.4, -0.2) is 25.1 Å². The summed E-state index contributed by atoms with van der Waals surface area (Å²) >= 11 is 0. The number of rotatable bonds is 5. The SMILES string of the molecule is CCOC(=O)C1=C(OCC)/C(=C/c2ccccc2)NC1=O. The first-order chi connectivity index (χ1) is 10.2. The van der Waals surface area contributed by atoms with Gasteiger partial charge in [-0.05, 0) is 25.5 Å². The molecule has 2 rings (SSSR count). The fraction of sp³-hybridized carbons (Fsp3) is 0.250. The van der Waals surface area contributed by atoms with Crippen LogP contribution >= 0.6 is 0 Å². The topological polar surface area (TPSA) is 64.6 Å². The molecule has 0 atom stereocenters. The first-order valence-corrected chi connectivity index (χ1v) is 6.80. The zero-order chi connectivity index (χ0) is 15.2. The summed E-state index contributed by atoms with van der Waals surface area (Å²) in [4.78, 5) is 23.9. The lowest BCUT2D eigenvalue weighted by Gasteiger charge is -2.07. The van der Waals surface area contributed by atoms with Gasteiger partial charge >= 0.3 is 5.97 Å². The van der Waals surface area contributed by atoms with Crippen molar-refractivity contribution < 1.29 is 19.1 Å². The zero-order valence-corrected chi connectivity index (χ0v) is 12.0. The molecule has 0 saturated carbocycles. The molecule has 0 bridgehead atoms. The Balaban J connectivity index is 2.41. The molecule has 5 heteroatoms. The monoisotopic (exact) mass is 287 g/mol. The van der Waals surface area contributed by atoms with E-state index < -0.39 is 11.9 Å². The molecule has 0 saturated heterocycles. The van der Waals surface area contributed by atoms with E-state index in [1.165, 1.54) is 0 Å². The van der Waals surface area contributed by atoms with Crippen LogP contribution in [0.2, 0.25) is 0 Å². The van der Waals surface area contributed by atoms with Gasteiger partial charge in [-0.15, -0.1) is 0 Å². The van der Waals surface area contributed by atoms with E-state index in [1.807, 2.05) is 30.3 Å². The van der Waals surface area contributed by atoms with E-state index in [9.17, 15) is 9.59 Å². The number of amides is 1. The van der Waals surface area contributed by atoms with Crippen molar-refractivity contribution in [3.8, 4) is 0 Å². The molecular formula is C16H17NO4. The molecule has 110 valence electrons. The summed E-state index contributed by atoms with van der Waals surface area (Å²) in [6, 6.07) is 9.47. The second-order valence-electron chi connectivity index (χ2n) is 4.28. The van der Waals surface area contributed by atoms with Crippen LogP contribution in [0.1, 0.15) is 19.4 Å². The predicted octanol–water partition coefficient (Wildman–Crippen LogP) is 2.01. The Hall–Kier alpha value is -2.56. The summed E-state index contributed by atoms with van der Waals surface area (Å²) in [5.41, 5.74) is 1.28. The Bertz CT molecular complexity index is 602. The molecule has 0 aliphatic carbocycles. The molecule has 1 heterocycles. The molecule has 5 nitrogen and oxygen atoms in total. The number of nitrogens with one attached hydrogen (secondary N) is 1. The van der Waals surface area contributed by atoms with E-state index >= 15 is 0 Å². The molecule has 0 unspecified atom stereocenters. The minimum Gasteiger partial charge on any atom is -0.491 e. The van der Waals surface area contributed by atoms with E-state index in [-0.39, 0.29) is 17.9 Å². The van der Waals surface area contributed by atoms with Crippen LogP contribution in [0.25, 0.3) is 6.08 Å². The molecule has 0 aromatic heterocycles. The number of benzene rings is 1. The normalized spacial score (nSPS) is 16.1. The van der Waals surface area contributed by atoms with E-state index in [1.54, 1.807) is 19.9 Å². The zero-order valence-electron chi connectivity index (χ0n) is 12.0. The fourth-order valence-electron chi connectivity index (χ4n) is 1.98. The first kappa shape index (κ1) is 14.8. The van der Waals surface area contributed by atoms with E-state index in [4.69, 9.17) is 9.47 Å². The average Bonchev–Trinajstić information content (AvgIpc) is 2.77. The molecule has 1 aromatic carbocycles. The van der Waals surface area contributed by atoms with Crippen LogP contribution in [0, 0.1) is 0 Å². The van der Waals surface area contributed by atoms with Crippen molar-refractivity contribution >= 4 is 18.0 Å². The summed E-state index contributed by atoms with van der Waals surface area (Å²) in [5.74, 6) is -0.932. The molecule has 1 aliphatic heterocycles. The van der Waals surface area contributed by atoms with E-state index in [0.717, 1.165) is 5.56 Å². The number of carbonyl (C=O) groups excluding carboxylic acids is 2. The van der Waals surface area contributed by atoms with Crippen molar-refractivity contribution in [3.05, 3.63) is 52.9 Å². The summed E-state index contributed by atoms with van der Waals surface area (Å²) in [6.07, 6.45) is 1.76. The van der Waals surface area contributed by atoms with Crippen LogP contribution in [0.3, 0.4) is 0 Å². The third-order valence-corrected chi connectivity index (χ3v) is 2.83. The summed E-state index contributed by atoms with van der Waals surface area (Å²) < 4.78 is 10.4. The van der Waals surface area contributed by atoms with Crippen molar-refractivity contribution in [2.75, 3.05) is 13.2 Å². The maximum atomic E-state index is 12.0. The molecule has 21 heavy (non-hydrogen) atoms. The van der Waals surface area contributed by atoms with Gasteiger partial charge in [-0.25, -0.2) is 4.79 Å². The minimum atomic E-state index is -0.671. The minimum absolute atomic E-state index is 0.0825. The van der Waals surface area contributed by atoms with Crippen LogP contribution in [0.4, 0.5) is 0 Å². The maximum absolute atomic E-state index is 12.0. The van der Waals surface area contributed by atoms with Crippen LogP contribution in [0.5, 0.6) is 0 Å². The van der Waals surface area contributed by atoms with Gasteiger partial charge in [0.15, 0.2) is 11.3 Å². The highest BCUT2D eigenvalue weighted by molar-refractivity contribution is 6.20. The third-order valence-electron chi connectivity index (χ3n) is 2.83. The lowest BCUT2D eigenvalue weighted by atomic mass is 10.1. The smallest absolute Gasteiger partial charge is 0.347 e. The summed E-state index contributed by atoms with van der Waals surface area (Å²) in [7, 11) is 0. The van der Waals surface area contributed by atoms with Gasteiger partial charge < -0.3 is 14.8 Å². The van der Waals surface area contributed by atoms with E-state index in [0.29, 0.717) is 12.3 Å². The molecular weight excluding hydrogens is 270 g/mol. The van der Waals surface area contributed by atoms with Gasteiger partial charge in [0.05, 0.1) is 18.9 Å². The second kappa shape index (κ2) is 6.74. The van der Waals surface area contributed by atoms with E-state index in [2.05, 4.69) is 5.32 Å². The van der Waals surface area contributed by atoms with Crippen molar-refractivity contribution in [2.24, 2.45) is 0 Å². The standard InChI is InChI=1S/C16H17NO4/c1-3-20-14-12(10-11-8-6-5-7-9-11)17-15(18)13(14)16(19)21-4-2/h5-10H,3-4H2,1-2H3,(H,17,18)/b12-10-. The molecule has 0 radical (unpaired) electrons. The number of ether oxygens (including phenoxy) is 2. The Morgan fingerprint density at radius 1 is 1.19 bits per heavy atom. The average molecular weight is 287 g/mol. The van der Waals surface area contributed by atoms with Gasteiger partial charge in [-0.2, -0.15) is 0 Å². The number of carbonyl (C=O) groups is 2. The molecule has 0 spiro atoms. The largest absolute Gasteiger partial charge is 0.491 e. The second-order valence-corrected chi connectivity index (χ2v) is 4.28. The van der Waals surface area contributed by atoms with Crippen molar-refractivity contribution in [1.82, 2.24) is 5.32 Å². The number of hydrogen-bond donors (Lipinski definition) is 1. The molecule has 1 aromatic rings. The summed E-state index contributed by atoms with van der Waals surface area (Å²) in [6.45, 7) is 4.02. The molecule has 1 aliphatic rings. The van der Waals surface area contributed by atoms with Gasteiger partial charge in [0.25, 0.3) is 5.91 Å². The Morgan fingerprint density at radius 2 is 1.90 bits per heavy atom. The van der Waals surface area contributed by atoms with Gasteiger partial charge in [-0.3, -0.25) is 4.79 Å². The highest BCUT2D eigenvalue weighted by Gasteiger charge is 2.34. The van der Waals surface area contributed by atoms with Crippen molar-refractivity contribution in [1.29, 1.82) is 0 Å². The first-order valence-electron chi connectivity index (χ1n) is 6.80. The van der Waals surface area contributed by atoms with Crippen LogP contribution in [0.15, 0.2) is 47.4 Å². The summed E-state index contributed by atoms with van der Waals surface area (Å²) in [5, 5.41) is 2.65. The third kappa shape index (κ3) is 3.31. The van der Waals surface area contributed by atoms with Gasteiger partial charge in [0.1, 0.15) is 0 Å². The fourth-order valence-corrected chi connectivity index (χ4v) is 1.98. The lowest BCUT2D eigenvalue weighted by Crippen LogP contribution is -2.21. The highest BCUT2D eigenvalue weighted by Crippen LogP contribution is 2.25. The van der Waals surface area contributed by atoms with Crippen LogP contribution < -0.4 is 5.32 Å². The van der Waals surface area contributed by atoms with Gasteiger partial charge in [-0.1, -0.05) is 30.3 Å². The maximum Gasteiger partial charge on any atom is 0.347 e. The molecule has 0 fully saturated rings. The highest BCUT2D eigenvalue weighted by atomic mass is 16.5. The van der Waals surface area contributed by atoms with Crippen LogP contribution in [-0.2, 0) is 19.1 Å². The van der Waals surface area contributed by atoms with Gasteiger partial charge in [0, 0.05) is 0 Å². The molecule has 1 amide bonds.